The third kappa shape index (κ3) is 1.75. The Morgan fingerprint density at radius 3 is 2.40 bits per heavy atom. The lowest BCUT2D eigenvalue weighted by atomic mass is 9.78. The molecule has 1 heteroatoms. The first-order chi connectivity index (χ1) is 7.27. The van der Waals surface area contributed by atoms with Crippen LogP contribution in [0.15, 0.2) is 59.8 Å². The van der Waals surface area contributed by atoms with Crippen LogP contribution in [-0.4, -0.2) is 0 Å². The molecule has 0 unspecified atom stereocenters. The molecule has 0 N–H and O–H groups in total. The normalized spacial score (nSPS) is 14.5. The van der Waals surface area contributed by atoms with Crippen molar-refractivity contribution >= 4 is 11.3 Å². The van der Waals surface area contributed by atoms with Gasteiger partial charge in [-0.3, -0.25) is 0 Å². The molecule has 15 heavy (non-hydrogen) atoms. The van der Waals surface area contributed by atoms with Crippen LogP contribution in [0, 0.1) is 0 Å². The molecule has 0 amide bonds. The average Bonchev–Trinajstić information content (AvgIpc) is 2.83. The van der Waals surface area contributed by atoms with Gasteiger partial charge in [-0.25, -0.2) is 0 Å². The molecule has 1 aromatic carbocycles. The molecule has 0 fully saturated rings. The van der Waals surface area contributed by atoms with Gasteiger partial charge in [-0.2, -0.15) is 11.3 Å². The van der Waals surface area contributed by atoms with E-state index in [1.54, 1.807) is 11.3 Å². The van der Waals surface area contributed by atoms with Crippen molar-refractivity contribution in [3.05, 3.63) is 70.9 Å². The van der Waals surface area contributed by atoms with Crippen molar-refractivity contribution in [2.24, 2.45) is 0 Å². The maximum Gasteiger partial charge on any atom is 0.0359 e. The van der Waals surface area contributed by atoms with Crippen LogP contribution in [-0.2, 0) is 5.41 Å². The van der Waals surface area contributed by atoms with E-state index in [9.17, 15) is 0 Å². The van der Waals surface area contributed by atoms with Crippen molar-refractivity contribution in [2.45, 2.75) is 12.3 Å². The highest BCUT2D eigenvalue weighted by molar-refractivity contribution is 7.08. The Kier molecular flexibility index (Phi) is 2.74. The van der Waals surface area contributed by atoms with Crippen molar-refractivity contribution in [2.75, 3.05) is 0 Å². The fourth-order valence-corrected chi connectivity index (χ4v) is 2.52. The molecule has 0 bridgehead atoms. The van der Waals surface area contributed by atoms with Crippen LogP contribution in [0.4, 0.5) is 0 Å². The Balaban J connectivity index is 2.52. The summed E-state index contributed by atoms with van der Waals surface area (Å²) in [6.45, 7) is 6.18. The highest BCUT2D eigenvalue weighted by Crippen LogP contribution is 2.33. The molecule has 0 radical (unpaired) electrons. The molecular weight excluding hydrogens is 200 g/mol. The topological polar surface area (TPSA) is 0 Å². The van der Waals surface area contributed by atoms with E-state index in [2.05, 4.69) is 54.6 Å². The second-order valence-corrected chi connectivity index (χ2v) is 4.56. The van der Waals surface area contributed by atoms with Gasteiger partial charge in [0.15, 0.2) is 0 Å². The zero-order valence-electron chi connectivity index (χ0n) is 8.81. The van der Waals surface area contributed by atoms with E-state index in [1.165, 1.54) is 11.1 Å². The predicted octanol–water partition coefficient (Wildman–Crippen LogP) is 4.24. The van der Waals surface area contributed by atoms with Crippen LogP contribution in [0.5, 0.6) is 0 Å². The molecule has 0 aliphatic carbocycles. The smallest absolute Gasteiger partial charge is 0.0359 e. The van der Waals surface area contributed by atoms with Gasteiger partial charge in [0.1, 0.15) is 0 Å². The van der Waals surface area contributed by atoms with Gasteiger partial charge in [-0.05, 0) is 34.9 Å². The molecular formula is C14H14S. The minimum atomic E-state index is -0.0682. The summed E-state index contributed by atoms with van der Waals surface area (Å²) in [5.41, 5.74) is 2.54. The highest BCUT2D eigenvalue weighted by atomic mass is 32.1. The van der Waals surface area contributed by atoms with E-state index in [0.717, 1.165) is 0 Å². The van der Waals surface area contributed by atoms with E-state index in [1.807, 2.05) is 12.1 Å². The zero-order chi connectivity index (χ0) is 10.7. The second-order valence-electron chi connectivity index (χ2n) is 3.78. The van der Waals surface area contributed by atoms with E-state index in [4.69, 9.17) is 0 Å². The fraction of sp³-hybridized carbons (Fsp3) is 0.143. The van der Waals surface area contributed by atoms with Gasteiger partial charge in [-0.15, -0.1) is 6.58 Å². The minimum Gasteiger partial charge on any atom is -0.152 e. The summed E-state index contributed by atoms with van der Waals surface area (Å²) >= 11 is 1.73. The van der Waals surface area contributed by atoms with Gasteiger partial charge >= 0.3 is 0 Å². The summed E-state index contributed by atoms with van der Waals surface area (Å²) in [7, 11) is 0. The lowest BCUT2D eigenvalue weighted by Crippen LogP contribution is -2.19. The Bertz CT molecular complexity index is 428. The number of rotatable bonds is 3. The molecule has 1 aromatic heterocycles. The molecule has 1 heterocycles. The van der Waals surface area contributed by atoms with Crippen LogP contribution in [0.1, 0.15) is 18.1 Å². The SMILES string of the molecule is C=C[C@@](C)(c1ccccc1)c1ccsc1. The number of hydrogen-bond donors (Lipinski definition) is 0. The maximum atomic E-state index is 3.97. The third-order valence-electron chi connectivity index (χ3n) is 2.90. The summed E-state index contributed by atoms with van der Waals surface area (Å²) in [5, 5.41) is 4.30. The third-order valence-corrected chi connectivity index (χ3v) is 3.59. The molecule has 2 rings (SSSR count). The van der Waals surface area contributed by atoms with Crippen molar-refractivity contribution in [3.8, 4) is 0 Å². The summed E-state index contributed by atoms with van der Waals surface area (Å²) in [6.07, 6.45) is 2.02. The largest absolute Gasteiger partial charge is 0.152 e. The van der Waals surface area contributed by atoms with Crippen LogP contribution in [0.2, 0.25) is 0 Å². The Labute approximate surface area is 94.9 Å². The van der Waals surface area contributed by atoms with Crippen molar-refractivity contribution in [3.63, 3.8) is 0 Å². The summed E-state index contributed by atoms with van der Waals surface area (Å²) in [5.74, 6) is 0. The first kappa shape index (κ1) is 10.2. The first-order valence-corrected chi connectivity index (χ1v) is 5.93. The molecule has 1 atom stereocenters. The first-order valence-electron chi connectivity index (χ1n) is 4.99. The standard InChI is InChI=1S/C14H14S/c1-3-14(2,13-9-10-15-11-13)12-7-5-4-6-8-12/h3-11H,1H2,2H3/t14-/m0/s1. The fourth-order valence-electron chi connectivity index (χ4n) is 1.75. The molecule has 0 aliphatic rings. The summed E-state index contributed by atoms with van der Waals surface area (Å²) in [6, 6.07) is 12.7. The molecule has 0 aliphatic heterocycles. The quantitative estimate of drug-likeness (QED) is 0.670. The number of hydrogen-bond acceptors (Lipinski definition) is 1. The maximum absolute atomic E-state index is 3.97. The molecule has 0 spiro atoms. The predicted molar refractivity (Wildman–Crippen MR) is 67.4 cm³/mol. The Morgan fingerprint density at radius 2 is 1.87 bits per heavy atom. The van der Waals surface area contributed by atoms with Gasteiger partial charge in [0.2, 0.25) is 0 Å². The van der Waals surface area contributed by atoms with Gasteiger partial charge in [-0.1, -0.05) is 36.4 Å². The van der Waals surface area contributed by atoms with Gasteiger partial charge in [0, 0.05) is 5.41 Å². The van der Waals surface area contributed by atoms with Crippen LogP contribution >= 0.6 is 11.3 Å². The molecule has 0 nitrogen and oxygen atoms in total. The zero-order valence-corrected chi connectivity index (χ0v) is 9.63. The lowest BCUT2D eigenvalue weighted by Gasteiger charge is -2.25. The van der Waals surface area contributed by atoms with E-state index < -0.39 is 0 Å². The number of allylic oxidation sites excluding steroid dienone is 1. The van der Waals surface area contributed by atoms with Crippen molar-refractivity contribution in [1.29, 1.82) is 0 Å². The van der Waals surface area contributed by atoms with Crippen LogP contribution in [0.25, 0.3) is 0 Å². The van der Waals surface area contributed by atoms with E-state index >= 15 is 0 Å². The average molecular weight is 214 g/mol. The van der Waals surface area contributed by atoms with Crippen LogP contribution in [0.3, 0.4) is 0 Å². The Hall–Kier alpha value is -1.34. The second kappa shape index (κ2) is 4.03. The molecule has 2 aromatic rings. The van der Waals surface area contributed by atoms with E-state index in [-0.39, 0.29) is 5.41 Å². The number of benzene rings is 1. The van der Waals surface area contributed by atoms with Crippen molar-refractivity contribution < 1.29 is 0 Å². The van der Waals surface area contributed by atoms with Crippen molar-refractivity contribution in [1.82, 2.24) is 0 Å². The summed E-state index contributed by atoms with van der Waals surface area (Å²) in [4.78, 5) is 0. The molecule has 0 saturated carbocycles. The minimum absolute atomic E-state index is 0.0682. The molecule has 0 saturated heterocycles. The highest BCUT2D eigenvalue weighted by Gasteiger charge is 2.24. The monoisotopic (exact) mass is 214 g/mol. The number of thiophene rings is 1. The van der Waals surface area contributed by atoms with Crippen LogP contribution < -0.4 is 0 Å². The van der Waals surface area contributed by atoms with Gasteiger partial charge in [0.05, 0.1) is 0 Å². The van der Waals surface area contributed by atoms with Gasteiger partial charge in [0.25, 0.3) is 0 Å². The Morgan fingerprint density at radius 1 is 1.13 bits per heavy atom. The summed E-state index contributed by atoms with van der Waals surface area (Å²) < 4.78 is 0. The lowest BCUT2D eigenvalue weighted by molar-refractivity contribution is 0.729. The van der Waals surface area contributed by atoms with E-state index in [0.29, 0.717) is 0 Å². The van der Waals surface area contributed by atoms with Gasteiger partial charge < -0.3 is 0 Å². The molecule has 76 valence electrons.